The zero-order valence-electron chi connectivity index (χ0n) is 13.6. The number of piperazine rings is 1. The predicted molar refractivity (Wildman–Crippen MR) is 98.0 cm³/mol. The minimum atomic E-state index is -3.72. The van der Waals surface area contributed by atoms with Crippen molar-refractivity contribution in [3.63, 3.8) is 0 Å². The summed E-state index contributed by atoms with van der Waals surface area (Å²) >= 11 is 1.74. The summed E-state index contributed by atoms with van der Waals surface area (Å²) in [6.07, 6.45) is 0. The Kier molecular flexibility index (Phi) is 5.38. The lowest BCUT2D eigenvalue weighted by Gasteiger charge is -2.34. The van der Waals surface area contributed by atoms with E-state index < -0.39 is 10.0 Å². The van der Waals surface area contributed by atoms with Gasteiger partial charge in [-0.3, -0.25) is 4.90 Å². The van der Waals surface area contributed by atoms with Crippen molar-refractivity contribution in [1.29, 1.82) is 0 Å². The molecule has 2 aromatic rings. The van der Waals surface area contributed by atoms with Gasteiger partial charge in [0.25, 0.3) is 0 Å². The lowest BCUT2D eigenvalue weighted by molar-refractivity contribution is 0.143. The molecule has 2 heterocycles. The quantitative estimate of drug-likeness (QED) is 0.845. The van der Waals surface area contributed by atoms with E-state index in [1.54, 1.807) is 16.2 Å². The van der Waals surface area contributed by atoms with E-state index in [4.69, 9.17) is 5.14 Å². The summed E-state index contributed by atoms with van der Waals surface area (Å²) < 4.78 is 22.5. The van der Waals surface area contributed by atoms with Gasteiger partial charge in [0.1, 0.15) is 0 Å². The molecule has 1 saturated heterocycles. The molecule has 1 fully saturated rings. The molecule has 2 amide bonds. The zero-order valence-corrected chi connectivity index (χ0v) is 15.2. The largest absolute Gasteiger partial charge is 0.322 e. The molecule has 3 N–H and O–H groups in total. The Hall–Kier alpha value is -1.94. The van der Waals surface area contributed by atoms with Gasteiger partial charge in [0.05, 0.1) is 4.90 Å². The second-order valence-electron chi connectivity index (χ2n) is 5.84. The zero-order chi connectivity index (χ0) is 17.9. The van der Waals surface area contributed by atoms with Gasteiger partial charge in [0.15, 0.2) is 0 Å². The normalized spacial score (nSPS) is 16.0. The van der Waals surface area contributed by atoms with Crippen LogP contribution >= 0.6 is 11.3 Å². The fraction of sp³-hybridized carbons (Fsp3) is 0.312. The number of nitrogens with zero attached hydrogens (tertiary/aromatic N) is 2. The molecule has 0 unspecified atom stereocenters. The lowest BCUT2D eigenvalue weighted by atomic mass is 10.3. The van der Waals surface area contributed by atoms with Crippen molar-refractivity contribution in [3.05, 3.63) is 46.7 Å². The Morgan fingerprint density at radius 1 is 1.12 bits per heavy atom. The fourth-order valence-corrected chi connectivity index (χ4v) is 3.92. The number of hydrogen-bond donors (Lipinski definition) is 2. The van der Waals surface area contributed by atoms with Crippen LogP contribution in [-0.4, -0.2) is 50.4 Å². The van der Waals surface area contributed by atoms with Gasteiger partial charge in [0.2, 0.25) is 10.0 Å². The first-order valence-electron chi connectivity index (χ1n) is 7.85. The molecule has 0 spiro atoms. The van der Waals surface area contributed by atoms with E-state index >= 15 is 0 Å². The van der Waals surface area contributed by atoms with E-state index in [0.717, 1.165) is 19.6 Å². The monoisotopic (exact) mass is 380 g/mol. The predicted octanol–water partition coefficient (Wildman–Crippen LogP) is 1.75. The molecule has 0 aliphatic carbocycles. The Labute approximate surface area is 151 Å². The average Bonchev–Trinajstić information content (AvgIpc) is 3.08. The highest BCUT2D eigenvalue weighted by Gasteiger charge is 2.21. The smallest absolute Gasteiger partial charge is 0.321 e. The molecule has 0 bridgehead atoms. The molecule has 9 heteroatoms. The average molecular weight is 380 g/mol. The van der Waals surface area contributed by atoms with Crippen LogP contribution in [-0.2, 0) is 16.6 Å². The van der Waals surface area contributed by atoms with Crippen LogP contribution in [0.15, 0.2) is 46.7 Å². The number of sulfonamides is 1. The Balaban J connectivity index is 1.51. The van der Waals surface area contributed by atoms with Gasteiger partial charge in [-0.1, -0.05) is 6.07 Å². The van der Waals surface area contributed by atoms with E-state index in [1.807, 2.05) is 6.07 Å². The minimum absolute atomic E-state index is 0.0210. The van der Waals surface area contributed by atoms with Crippen molar-refractivity contribution in [2.45, 2.75) is 11.4 Å². The maximum atomic E-state index is 12.3. The van der Waals surface area contributed by atoms with E-state index in [2.05, 4.69) is 21.7 Å². The van der Waals surface area contributed by atoms with Crippen LogP contribution in [0.25, 0.3) is 0 Å². The summed E-state index contributed by atoms with van der Waals surface area (Å²) in [5.74, 6) is 0. The summed E-state index contributed by atoms with van der Waals surface area (Å²) in [6, 6.07) is 9.81. The van der Waals surface area contributed by atoms with Crippen molar-refractivity contribution >= 4 is 33.1 Å². The maximum Gasteiger partial charge on any atom is 0.321 e. The number of hydrogen-bond acceptors (Lipinski definition) is 5. The second-order valence-corrected chi connectivity index (χ2v) is 8.44. The number of nitrogens with two attached hydrogens (primary N) is 1. The molecule has 0 atom stereocenters. The molecule has 7 nitrogen and oxygen atoms in total. The van der Waals surface area contributed by atoms with Crippen LogP contribution in [0.4, 0.5) is 10.5 Å². The third-order valence-electron chi connectivity index (χ3n) is 4.05. The maximum absolute atomic E-state index is 12.3. The van der Waals surface area contributed by atoms with E-state index in [0.29, 0.717) is 18.8 Å². The van der Waals surface area contributed by atoms with Crippen LogP contribution in [0.3, 0.4) is 0 Å². The van der Waals surface area contributed by atoms with Gasteiger partial charge in [-0.25, -0.2) is 18.4 Å². The summed E-state index contributed by atoms with van der Waals surface area (Å²) in [4.78, 5) is 17.8. The Bertz CT molecular complexity index is 812. The molecule has 1 aliphatic rings. The molecule has 0 radical (unpaired) electrons. The number of nitrogens with one attached hydrogen (secondary N) is 1. The fourth-order valence-electron chi connectivity index (χ4n) is 2.66. The first-order chi connectivity index (χ1) is 11.9. The van der Waals surface area contributed by atoms with Gasteiger partial charge >= 0.3 is 6.03 Å². The molecule has 25 heavy (non-hydrogen) atoms. The molecule has 3 rings (SSSR count). The molecule has 1 aromatic heterocycles. The van der Waals surface area contributed by atoms with E-state index in [-0.39, 0.29) is 10.9 Å². The molecular weight excluding hydrogens is 360 g/mol. The number of rotatable bonds is 4. The number of thiophene rings is 1. The van der Waals surface area contributed by atoms with Crippen molar-refractivity contribution in [2.75, 3.05) is 31.5 Å². The number of carbonyl (C=O) groups is 1. The number of benzene rings is 1. The van der Waals surface area contributed by atoms with Gasteiger partial charge in [-0.05, 0) is 35.7 Å². The van der Waals surface area contributed by atoms with Crippen LogP contribution in [0, 0.1) is 0 Å². The molecular formula is C16H20N4O3S2. The first kappa shape index (κ1) is 17.9. The molecule has 1 aliphatic heterocycles. The first-order valence-corrected chi connectivity index (χ1v) is 10.3. The SMILES string of the molecule is NS(=O)(=O)c1ccc(NC(=O)N2CCN(Cc3cccs3)CC2)cc1. The Morgan fingerprint density at radius 2 is 1.80 bits per heavy atom. The van der Waals surface area contributed by atoms with Crippen molar-refractivity contribution in [1.82, 2.24) is 9.80 Å². The highest BCUT2D eigenvalue weighted by atomic mass is 32.2. The van der Waals surface area contributed by atoms with E-state index in [1.165, 1.54) is 29.1 Å². The van der Waals surface area contributed by atoms with Gasteiger partial charge in [-0.15, -0.1) is 11.3 Å². The van der Waals surface area contributed by atoms with E-state index in [9.17, 15) is 13.2 Å². The van der Waals surface area contributed by atoms with Crippen LogP contribution in [0.5, 0.6) is 0 Å². The number of carbonyl (C=O) groups excluding carboxylic acids is 1. The van der Waals surface area contributed by atoms with Crippen LogP contribution < -0.4 is 10.5 Å². The second kappa shape index (κ2) is 7.52. The third-order valence-corrected chi connectivity index (χ3v) is 5.84. The van der Waals surface area contributed by atoms with Crippen molar-refractivity contribution in [2.24, 2.45) is 5.14 Å². The summed E-state index contributed by atoms with van der Waals surface area (Å²) in [5.41, 5.74) is 0.540. The van der Waals surface area contributed by atoms with Gasteiger partial charge < -0.3 is 10.2 Å². The van der Waals surface area contributed by atoms with Crippen molar-refractivity contribution < 1.29 is 13.2 Å². The highest BCUT2D eigenvalue weighted by Crippen LogP contribution is 2.16. The summed E-state index contributed by atoms with van der Waals surface area (Å²) in [7, 11) is -3.72. The standard InChI is InChI=1S/C16H20N4O3S2/c17-25(22,23)15-5-3-13(4-6-15)18-16(21)20-9-7-19(8-10-20)12-14-2-1-11-24-14/h1-6,11H,7-10,12H2,(H,18,21)(H2,17,22,23). The number of amides is 2. The Morgan fingerprint density at radius 3 is 2.36 bits per heavy atom. The molecule has 0 saturated carbocycles. The summed E-state index contributed by atoms with van der Waals surface area (Å²) in [6.45, 7) is 3.90. The highest BCUT2D eigenvalue weighted by molar-refractivity contribution is 7.89. The number of primary sulfonamides is 1. The molecule has 1 aromatic carbocycles. The number of urea groups is 1. The topological polar surface area (TPSA) is 95.7 Å². The van der Waals surface area contributed by atoms with Crippen LogP contribution in [0.2, 0.25) is 0 Å². The van der Waals surface area contributed by atoms with Gasteiger partial charge in [-0.2, -0.15) is 0 Å². The molecule has 134 valence electrons. The van der Waals surface area contributed by atoms with Crippen molar-refractivity contribution in [3.8, 4) is 0 Å². The van der Waals surface area contributed by atoms with Crippen LogP contribution in [0.1, 0.15) is 4.88 Å². The minimum Gasteiger partial charge on any atom is -0.322 e. The number of anilines is 1. The third kappa shape index (κ3) is 4.79. The lowest BCUT2D eigenvalue weighted by Crippen LogP contribution is -2.49. The van der Waals surface area contributed by atoms with Gasteiger partial charge in [0, 0.05) is 43.3 Å². The summed E-state index contributed by atoms with van der Waals surface area (Å²) in [5, 5.41) is 9.91.